The standard InChI is InChI=1S/C16H24B2O5/c1-15(2)8-20-17(21-9-15)12-5-13(7-14(19)6-12)18-22-10-16(3,4)11-23-18/h5-7,19H,8-11H2,1-4H3. The molecule has 0 saturated carbocycles. The Kier molecular flexibility index (Phi) is 4.49. The molecule has 2 heterocycles. The van der Waals surface area contributed by atoms with Crippen LogP contribution in [0.4, 0.5) is 0 Å². The molecule has 2 aliphatic rings. The van der Waals surface area contributed by atoms with Gasteiger partial charge in [0.25, 0.3) is 0 Å². The summed E-state index contributed by atoms with van der Waals surface area (Å²) >= 11 is 0. The lowest BCUT2D eigenvalue weighted by molar-refractivity contribution is 0.0338. The summed E-state index contributed by atoms with van der Waals surface area (Å²) in [5.41, 5.74) is 1.59. The third-order valence-corrected chi connectivity index (χ3v) is 4.01. The molecule has 0 amide bonds. The van der Waals surface area contributed by atoms with Crippen LogP contribution in [0.1, 0.15) is 27.7 Å². The van der Waals surface area contributed by atoms with E-state index in [4.69, 9.17) is 18.6 Å². The fourth-order valence-electron chi connectivity index (χ4n) is 2.70. The predicted octanol–water partition coefficient (Wildman–Crippen LogP) is 0.929. The van der Waals surface area contributed by atoms with E-state index in [9.17, 15) is 5.11 Å². The molecule has 7 heteroatoms. The molecule has 0 radical (unpaired) electrons. The van der Waals surface area contributed by atoms with Gasteiger partial charge in [0.15, 0.2) is 0 Å². The van der Waals surface area contributed by atoms with E-state index in [1.807, 2.05) is 6.07 Å². The van der Waals surface area contributed by atoms with E-state index in [1.54, 1.807) is 12.1 Å². The summed E-state index contributed by atoms with van der Waals surface area (Å²) in [5.74, 6) is 0.159. The van der Waals surface area contributed by atoms with Gasteiger partial charge in [-0.2, -0.15) is 0 Å². The minimum absolute atomic E-state index is 0.0112. The maximum atomic E-state index is 10.0. The van der Waals surface area contributed by atoms with Crippen LogP contribution in [0.15, 0.2) is 18.2 Å². The van der Waals surface area contributed by atoms with Gasteiger partial charge in [0, 0.05) is 37.3 Å². The van der Waals surface area contributed by atoms with E-state index >= 15 is 0 Å². The lowest BCUT2D eigenvalue weighted by atomic mass is 9.69. The third-order valence-electron chi connectivity index (χ3n) is 4.01. The topological polar surface area (TPSA) is 57.2 Å². The van der Waals surface area contributed by atoms with Crippen molar-refractivity contribution in [2.45, 2.75) is 27.7 Å². The lowest BCUT2D eigenvalue weighted by Gasteiger charge is -2.34. The number of phenolic OH excluding ortho intramolecular Hbond substituents is 1. The van der Waals surface area contributed by atoms with Gasteiger partial charge in [-0.25, -0.2) is 0 Å². The average molecular weight is 318 g/mol. The molecule has 124 valence electrons. The van der Waals surface area contributed by atoms with Crippen molar-refractivity contribution in [3.05, 3.63) is 18.2 Å². The fourth-order valence-corrected chi connectivity index (χ4v) is 2.70. The second-order valence-corrected chi connectivity index (χ2v) is 8.09. The van der Waals surface area contributed by atoms with Crippen LogP contribution in [0, 0.1) is 10.8 Å². The first-order valence-corrected chi connectivity index (χ1v) is 8.04. The zero-order valence-corrected chi connectivity index (χ0v) is 14.3. The van der Waals surface area contributed by atoms with Crippen molar-refractivity contribution in [2.24, 2.45) is 10.8 Å². The maximum Gasteiger partial charge on any atom is 0.494 e. The van der Waals surface area contributed by atoms with Crippen LogP contribution in [0.3, 0.4) is 0 Å². The summed E-state index contributed by atoms with van der Waals surface area (Å²) < 4.78 is 23.2. The van der Waals surface area contributed by atoms with E-state index < -0.39 is 14.2 Å². The second kappa shape index (κ2) is 6.13. The molecule has 1 aromatic rings. The van der Waals surface area contributed by atoms with Gasteiger partial charge in [0.1, 0.15) is 5.75 Å². The van der Waals surface area contributed by atoms with Crippen LogP contribution in [0.2, 0.25) is 0 Å². The highest BCUT2D eigenvalue weighted by Gasteiger charge is 2.37. The van der Waals surface area contributed by atoms with Gasteiger partial charge >= 0.3 is 14.2 Å². The Bertz CT molecular complexity index is 509. The Hall–Kier alpha value is -1.01. The number of phenols is 1. The third kappa shape index (κ3) is 4.10. The number of hydrogen-bond donors (Lipinski definition) is 1. The molecule has 1 aromatic carbocycles. The molecule has 0 aliphatic carbocycles. The molecule has 0 bridgehead atoms. The highest BCUT2D eigenvalue weighted by Crippen LogP contribution is 2.23. The van der Waals surface area contributed by atoms with Gasteiger partial charge in [-0.05, 0) is 23.1 Å². The summed E-state index contributed by atoms with van der Waals surface area (Å²) in [6, 6.07) is 5.25. The van der Waals surface area contributed by atoms with Crippen molar-refractivity contribution >= 4 is 25.2 Å². The van der Waals surface area contributed by atoms with E-state index in [0.717, 1.165) is 10.9 Å². The molecular weight excluding hydrogens is 294 g/mol. The normalized spacial score (nSPS) is 23.8. The summed E-state index contributed by atoms with van der Waals surface area (Å²) in [4.78, 5) is 0. The van der Waals surface area contributed by atoms with Gasteiger partial charge in [0.05, 0.1) is 0 Å². The van der Waals surface area contributed by atoms with Crippen molar-refractivity contribution in [2.75, 3.05) is 26.4 Å². The number of hydrogen-bond acceptors (Lipinski definition) is 5. The van der Waals surface area contributed by atoms with E-state index in [2.05, 4.69) is 27.7 Å². The van der Waals surface area contributed by atoms with Crippen LogP contribution in [-0.4, -0.2) is 45.8 Å². The minimum atomic E-state index is -0.464. The molecule has 5 nitrogen and oxygen atoms in total. The summed E-state index contributed by atoms with van der Waals surface area (Å²) in [6.07, 6.45) is 0. The second-order valence-electron chi connectivity index (χ2n) is 8.09. The van der Waals surface area contributed by atoms with Crippen LogP contribution in [0.25, 0.3) is 0 Å². The fraction of sp³-hybridized carbons (Fsp3) is 0.625. The molecule has 0 unspecified atom stereocenters. The first-order valence-electron chi connectivity index (χ1n) is 8.04. The zero-order chi connectivity index (χ0) is 16.7. The number of aromatic hydroxyl groups is 1. The molecule has 1 N–H and O–H groups in total. The van der Waals surface area contributed by atoms with Crippen molar-refractivity contribution in [3.8, 4) is 5.75 Å². The Morgan fingerprint density at radius 2 is 1.09 bits per heavy atom. The first-order chi connectivity index (χ1) is 10.7. The zero-order valence-electron chi connectivity index (χ0n) is 14.3. The van der Waals surface area contributed by atoms with E-state index in [0.29, 0.717) is 26.4 Å². The first kappa shape index (κ1) is 16.8. The smallest absolute Gasteiger partial charge is 0.494 e. The average Bonchev–Trinajstić information content (AvgIpc) is 2.46. The van der Waals surface area contributed by atoms with Crippen LogP contribution < -0.4 is 10.9 Å². The van der Waals surface area contributed by atoms with Gasteiger partial charge in [0.2, 0.25) is 0 Å². The monoisotopic (exact) mass is 318 g/mol. The highest BCUT2D eigenvalue weighted by atomic mass is 16.6. The van der Waals surface area contributed by atoms with Gasteiger partial charge in [-0.3, -0.25) is 0 Å². The van der Waals surface area contributed by atoms with Gasteiger partial charge < -0.3 is 23.7 Å². The Morgan fingerprint density at radius 1 is 0.739 bits per heavy atom. The van der Waals surface area contributed by atoms with Crippen LogP contribution >= 0.6 is 0 Å². The van der Waals surface area contributed by atoms with E-state index in [1.165, 1.54) is 0 Å². The molecule has 3 rings (SSSR count). The largest absolute Gasteiger partial charge is 0.508 e. The molecular formula is C16H24B2O5. The molecule has 2 aliphatic heterocycles. The van der Waals surface area contributed by atoms with Gasteiger partial charge in [-0.1, -0.05) is 33.8 Å². The molecule has 0 atom stereocenters. The summed E-state index contributed by atoms with van der Waals surface area (Å²) in [6.45, 7) is 10.9. The van der Waals surface area contributed by atoms with E-state index in [-0.39, 0.29) is 16.6 Å². The minimum Gasteiger partial charge on any atom is -0.508 e. The van der Waals surface area contributed by atoms with Crippen molar-refractivity contribution in [1.82, 2.24) is 0 Å². The maximum absolute atomic E-state index is 10.0. The number of benzene rings is 1. The quantitative estimate of drug-likeness (QED) is 0.822. The highest BCUT2D eigenvalue weighted by molar-refractivity contribution is 6.65. The van der Waals surface area contributed by atoms with Gasteiger partial charge in [-0.15, -0.1) is 0 Å². The predicted molar refractivity (Wildman–Crippen MR) is 90.3 cm³/mol. The molecule has 0 aromatic heterocycles. The van der Waals surface area contributed by atoms with Crippen LogP contribution in [0.5, 0.6) is 5.75 Å². The van der Waals surface area contributed by atoms with Crippen LogP contribution in [-0.2, 0) is 18.6 Å². The Balaban J connectivity index is 1.75. The summed E-state index contributed by atoms with van der Waals surface area (Å²) in [5, 5.41) is 10.0. The SMILES string of the molecule is CC1(C)COB(c2cc(O)cc(B3OCC(C)(C)CO3)c2)OC1. The Morgan fingerprint density at radius 3 is 1.43 bits per heavy atom. The van der Waals surface area contributed by atoms with Crippen molar-refractivity contribution in [3.63, 3.8) is 0 Å². The summed E-state index contributed by atoms with van der Waals surface area (Å²) in [7, 11) is -0.928. The van der Waals surface area contributed by atoms with Crippen molar-refractivity contribution < 1.29 is 23.7 Å². The lowest BCUT2D eigenvalue weighted by Crippen LogP contribution is -2.51. The molecule has 2 saturated heterocycles. The molecule has 23 heavy (non-hydrogen) atoms. The molecule has 0 spiro atoms. The Labute approximate surface area is 138 Å². The molecule has 2 fully saturated rings. The number of rotatable bonds is 2. The van der Waals surface area contributed by atoms with Crippen molar-refractivity contribution in [1.29, 1.82) is 0 Å².